The van der Waals surface area contributed by atoms with E-state index in [-0.39, 0.29) is 11.1 Å². The molecule has 0 bridgehead atoms. The van der Waals surface area contributed by atoms with E-state index in [1.54, 1.807) is 39.0 Å². The lowest BCUT2D eigenvalue weighted by Gasteiger charge is -2.29. The second kappa shape index (κ2) is 8.17. The largest absolute Gasteiger partial charge is 0.444 e. The van der Waals surface area contributed by atoms with E-state index in [0.29, 0.717) is 4.47 Å². The molecule has 0 fully saturated rings. The number of Topliss-reactive ketones (excluding diaryl/α,β-unsaturated/α-hetero) is 1. The molecule has 1 N–H and O–H groups in total. The Labute approximate surface area is 165 Å². The third kappa shape index (κ3) is 5.60. The first kappa shape index (κ1) is 21.0. The van der Waals surface area contributed by atoms with Gasteiger partial charge in [-0.25, -0.2) is 4.79 Å². The zero-order valence-electron chi connectivity index (χ0n) is 15.1. The summed E-state index contributed by atoms with van der Waals surface area (Å²) in [7, 11) is 0. The molecule has 2 aromatic rings. The lowest BCUT2D eigenvalue weighted by atomic mass is 9.94. The summed E-state index contributed by atoms with van der Waals surface area (Å²) in [6, 6.07) is 11.3. The minimum atomic E-state index is -3.88. The second-order valence-electron chi connectivity index (χ2n) is 6.95. The molecule has 7 heteroatoms. The molecule has 27 heavy (non-hydrogen) atoms. The summed E-state index contributed by atoms with van der Waals surface area (Å²) < 4.78 is 36.0. The lowest BCUT2D eigenvalue weighted by molar-refractivity contribution is -0.0208. The molecule has 2 rings (SSSR count). The first-order valence-corrected chi connectivity index (χ1v) is 9.02. The van der Waals surface area contributed by atoms with Crippen molar-refractivity contribution in [3.8, 4) is 0 Å². The van der Waals surface area contributed by atoms with E-state index < -0.39 is 29.4 Å². The van der Waals surface area contributed by atoms with Crippen LogP contribution in [0, 0.1) is 0 Å². The van der Waals surface area contributed by atoms with Crippen molar-refractivity contribution in [1.82, 2.24) is 5.32 Å². The average molecular weight is 440 g/mol. The second-order valence-corrected chi connectivity index (χ2v) is 7.86. The third-order valence-electron chi connectivity index (χ3n) is 3.57. The van der Waals surface area contributed by atoms with Crippen LogP contribution in [0.15, 0.2) is 59.1 Å². The van der Waals surface area contributed by atoms with Crippen LogP contribution in [0.2, 0.25) is 0 Å². The summed E-state index contributed by atoms with van der Waals surface area (Å²) in [6.45, 7) is 4.86. The molecule has 0 saturated heterocycles. The van der Waals surface area contributed by atoms with Gasteiger partial charge in [-0.2, -0.15) is 8.78 Å². The molecule has 0 aliphatic heterocycles. The highest BCUT2D eigenvalue weighted by molar-refractivity contribution is 9.10. The summed E-state index contributed by atoms with van der Waals surface area (Å²) in [5.41, 5.74) is -0.929. The number of hydrogen-bond donors (Lipinski definition) is 1. The third-order valence-corrected chi connectivity index (χ3v) is 4.09. The van der Waals surface area contributed by atoms with Gasteiger partial charge in [0.1, 0.15) is 11.6 Å². The maximum absolute atomic E-state index is 15.1. The van der Waals surface area contributed by atoms with Crippen LogP contribution in [0.3, 0.4) is 0 Å². The normalized spacial score (nSPS) is 13.0. The summed E-state index contributed by atoms with van der Waals surface area (Å²) >= 11 is 3.23. The predicted octanol–water partition coefficient (Wildman–Crippen LogP) is 5.53. The molecular weight excluding hydrogens is 420 g/mol. The highest BCUT2D eigenvalue weighted by atomic mass is 79.9. The van der Waals surface area contributed by atoms with Gasteiger partial charge < -0.3 is 10.1 Å². The fraction of sp³-hybridized carbons (Fsp3) is 0.300. The van der Waals surface area contributed by atoms with Crippen molar-refractivity contribution in [1.29, 1.82) is 0 Å². The van der Waals surface area contributed by atoms with Gasteiger partial charge in [-0.15, -0.1) is 0 Å². The SMILES string of the molecule is CC(C)(C)OC(=O)N[C@@H](c1ccc(Br)cc1)C(F)(F)C(=O)c1ccccc1. The molecule has 0 aliphatic rings. The Balaban J connectivity index is 2.39. The summed E-state index contributed by atoms with van der Waals surface area (Å²) in [5.74, 6) is -5.27. The van der Waals surface area contributed by atoms with Crippen molar-refractivity contribution in [3.05, 3.63) is 70.2 Å². The molecule has 0 radical (unpaired) electrons. The number of hydrogen-bond acceptors (Lipinski definition) is 3. The fourth-order valence-corrected chi connectivity index (χ4v) is 2.64. The number of amides is 1. The Morgan fingerprint density at radius 1 is 1.00 bits per heavy atom. The number of halogens is 3. The zero-order valence-corrected chi connectivity index (χ0v) is 16.7. The van der Waals surface area contributed by atoms with Crippen LogP contribution in [0.25, 0.3) is 0 Å². The Morgan fingerprint density at radius 2 is 1.56 bits per heavy atom. The molecular formula is C20H20BrF2NO3. The van der Waals surface area contributed by atoms with Crippen LogP contribution in [0.4, 0.5) is 13.6 Å². The van der Waals surface area contributed by atoms with E-state index in [1.165, 1.54) is 36.4 Å². The van der Waals surface area contributed by atoms with E-state index in [4.69, 9.17) is 4.74 Å². The van der Waals surface area contributed by atoms with Crippen molar-refractivity contribution in [2.75, 3.05) is 0 Å². The average Bonchev–Trinajstić information content (AvgIpc) is 2.59. The number of nitrogens with one attached hydrogen (secondary N) is 1. The molecule has 0 heterocycles. The quantitative estimate of drug-likeness (QED) is 0.622. The topological polar surface area (TPSA) is 55.4 Å². The Bertz CT molecular complexity index is 802. The molecule has 144 valence electrons. The van der Waals surface area contributed by atoms with Crippen LogP contribution in [0.5, 0.6) is 0 Å². The Morgan fingerprint density at radius 3 is 2.07 bits per heavy atom. The minimum Gasteiger partial charge on any atom is -0.444 e. The van der Waals surface area contributed by atoms with Crippen LogP contribution in [-0.4, -0.2) is 23.4 Å². The highest BCUT2D eigenvalue weighted by Crippen LogP contribution is 2.35. The predicted molar refractivity (Wildman–Crippen MR) is 102 cm³/mol. The number of ketones is 1. The van der Waals surface area contributed by atoms with Crippen molar-refractivity contribution in [2.24, 2.45) is 0 Å². The van der Waals surface area contributed by atoms with Crippen molar-refractivity contribution >= 4 is 27.8 Å². The first-order chi connectivity index (χ1) is 12.5. The molecule has 0 spiro atoms. The Kier molecular flexibility index (Phi) is 6.36. The van der Waals surface area contributed by atoms with Gasteiger partial charge in [-0.05, 0) is 38.5 Å². The maximum Gasteiger partial charge on any atom is 0.408 e. The summed E-state index contributed by atoms with van der Waals surface area (Å²) in [6.07, 6.45) is -1.03. The highest BCUT2D eigenvalue weighted by Gasteiger charge is 2.49. The van der Waals surface area contributed by atoms with Gasteiger partial charge in [-0.1, -0.05) is 58.4 Å². The number of carbonyl (C=O) groups is 2. The van der Waals surface area contributed by atoms with Gasteiger partial charge in [0, 0.05) is 10.0 Å². The van der Waals surface area contributed by atoms with Crippen LogP contribution in [0.1, 0.15) is 42.7 Å². The molecule has 1 atom stereocenters. The molecule has 0 saturated carbocycles. The van der Waals surface area contributed by atoms with Crippen molar-refractivity contribution in [2.45, 2.75) is 38.3 Å². The van der Waals surface area contributed by atoms with E-state index in [2.05, 4.69) is 21.2 Å². The number of alkyl halides is 2. The number of rotatable bonds is 5. The van der Waals surface area contributed by atoms with Crippen LogP contribution in [-0.2, 0) is 4.74 Å². The van der Waals surface area contributed by atoms with Gasteiger partial charge in [0.2, 0.25) is 5.78 Å². The lowest BCUT2D eigenvalue weighted by Crippen LogP contribution is -2.47. The smallest absolute Gasteiger partial charge is 0.408 e. The number of alkyl carbamates (subject to hydrolysis) is 1. The molecule has 0 unspecified atom stereocenters. The first-order valence-electron chi connectivity index (χ1n) is 8.23. The molecule has 4 nitrogen and oxygen atoms in total. The molecule has 0 aliphatic carbocycles. The monoisotopic (exact) mass is 439 g/mol. The van der Waals surface area contributed by atoms with E-state index in [9.17, 15) is 9.59 Å². The van der Waals surface area contributed by atoms with Crippen molar-refractivity contribution < 1.29 is 23.1 Å². The van der Waals surface area contributed by atoms with E-state index in [1.807, 2.05) is 0 Å². The minimum absolute atomic E-state index is 0.0818. The molecule has 2 aromatic carbocycles. The van der Waals surface area contributed by atoms with Crippen LogP contribution >= 0.6 is 15.9 Å². The fourth-order valence-electron chi connectivity index (χ4n) is 2.38. The number of ether oxygens (including phenoxy) is 1. The van der Waals surface area contributed by atoms with Crippen molar-refractivity contribution in [3.63, 3.8) is 0 Å². The molecule has 1 amide bonds. The number of benzene rings is 2. The van der Waals surface area contributed by atoms with Gasteiger partial charge >= 0.3 is 12.0 Å². The molecule has 0 aromatic heterocycles. The van der Waals surface area contributed by atoms with E-state index in [0.717, 1.165) is 0 Å². The van der Waals surface area contributed by atoms with Crippen LogP contribution < -0.4 is 5.32 Å². The Hall–Kier alpha value is -2.28. The van der Waals surface area contributed by atoms with Gasteiger partial charge in [-0.3, -0.25) is 4.79 Å². The summed E-state index contributed by atoms with van der Waals surface area (Å²) in [4.78, 5) is 24.6. The van der Waals surface area contributed by atoms with Gasteiger partial charge in [0.15, 0.2) is 0 Å². The van der Waals surface area contributed by atoms with Gasteiger partial charge in [0.25, 0.3) is 0 Å². The zero-order chi connectivity index (χ0) is 20.2. The van der Waals surface area contributed by atoms with Gasteiger partial charge in [0.05, 0.1) is 0 Å². The maximum atomic E-state index is 15.1. The standard InChI is InChI=1S/C20H20BrF2NO3/c1-19(2,3)27-18(26)24-16(13-9-11-15(21)12-10-13)20(22,23)17(25)14-7-5-4-6-8-14/h4-12,16H,1-3H3,(H,24,26)/t16-/m0/s1. The number of carbonyl (C=O) groups excluding carboxylic acids is 2. The summed E-state index contributed by atoms with van der Waals surface area (Å²) in [5, 5.41) is 2.15. The van der Waals surface area contributed by atoms with E-state index >= 15 is 8.78 Å².